The molecule has 6 heteroatoms. The molecule has 2 unspecified atom stereocenters. The predicted octanol–water partition coefficient (Wildman–Crippen LogP) is -1.39. The van der Waals surface area contributed by atoms with E-state index in [0.717, 1.165) is 12.1 Å². The maximum absolute atomic E-state index is 13.1. The predicted molar refractivity (Wildman–Crippen MR) is 42.7 cm³/mol. The Labute approximate surface area is 108 Å². The molecule has 1 aliphatic heterocycles. The van der Waals surface area contributed by atoms with Crippen molar-refractivity contribution in [3.05, 3.63) is 35.4 Å². The molecule has 0 amide bonds. The van der Waals surface area contributed by atoms with E-state index < -0.39 is 29.8 Å². The van der Waals surface area contributed by atoms with Crippen LogP contribution in [-0.4, -0.2) is 17.2 Å². The number of aliphatic carboxylic acids is 1. The molecule has 2 atom stereocenters. The number of benzene rings is 1. The van der Waals surface area contributed by atoms with Crippen molar-refractivity contribution in [2.45, 2.75) is 12.2 Å². The zero-order valence-corrected chi connectivity index (χ0v) is 9.91. The van der Waals surface area contributed by atoms with Gasteiger partial charge in [0.15, 0.2) is 6.10 Å². The maximum atomic E-state index is 13.1. The Bertz CT molecular complexity index is 382. The minimum atomic E-state index is -1.21. The minimum Gasteiger partial charge on any atom is -1.00 e. The largest absolute Gasteiger partial charge is 1.00 e. The van der Waals surface area contributed by atoms with Crippen molar-refractivity contribution in [1.82, 2.24) is 0 Å². The van der Waals surface area contributed by atoms with Crippen molar-refractivity contribution in [2.75, 3.05) is 0 Å². The average molecular weight is 224 g/mol. The third-order valence-corrected chi connectivity index (χ3v) is 2.02. The number of hydrogen-bond donors (Lipinski definition) is 1. The molecule has 1 fully saturated rings. The third-order valence-electron chi connectivity index (χ3n) is 2.02. The number of carbonyl (C=O) groups is 1. The van der Waals surface area contributed by atoms with E-state index in [1.54, 1.807) is 0 Å². The fourth-order valence-electron chi connectivity index (χ4n) is 1.30. The summed E-state index contributed by atoms with van der Waals surface area (Å²) in [4.78, 5) is 10.4. The number of carboxylic acid groups (broad SMARTS) is 1. The summed E-state index contributed by atoms with van der Waals surface area (Å²) in [5.41, 5.74) is -0.306. The average Bonchev–Trinajstić information content (AvgIpc) is 2.83. The number of hydrogen-bond acceptors (Lipinski definition) is 2. The Hall–Kier alpha value is -0.490. The van der Waals surface area contributed by atoms with Crippen molar-refractivity contribution < 1.29 is 54.4 Å². The van der Waals surface area contributed by atoms with Crippen LogP contribution in [0.4, 0.5) is 8.78 Å². The van der Waals surface area contributed by atoms with Gasteiger partial charge in [-0.05, 0) is 12.1 Å². The Balaban J connectivity index is 0.00000112. The molecule has 0 aliphatic carbocycles. The molecule has 3 nitrogen and oxygen atoms in total. The van der Waals surface area contributed by atoms with Gasteiger partial charge in [-0.2, -0.15) is 0 Å². The summed E-state index contributed by atoms with van der Waals surface area (Å²) in [7, 11) is 0. The van der Waals surface area contributed by atoms with Gasteiger partial charge in [0, 0.05) is 0 Å². The van der Waals surface area contributed by atoms with E-state index >= 15 is 0 Å². The molecule has 1 aromatic rings. The van der Waals surface area contributed by atoms with Crippen molar-refractivity contribution >= 4 is 5.97 Å². The summed E-state index contributed by atoms with van der Waals surface area (Å²) < 4.78 is 30.8. The summed E-state index contributed by atoms with van der Waals surface area (Å²) in [5, 5.41) is 8.50. The van der Waals surface area contributed by atoms with E-state index in [9.17, 15) is 13.6 Å². The zero-order chi connectivity index (χ0) is 10.3. The van der Waals surface area contributed by atoms with Crippen LogP contribution in [0.2, 0.25) is 0 Å². The maximum Gasteiger partial charge on any atom is 1.00 e. The number of epoxide rings is 1. The van der Waals surface area contributed by atoms with Crippen molar-refractivity contribution in [2.24, 2.45) is 0 Å². The van der Waals surface area contributed by atoms with Crippen molar-refractivity contribution in [3.8, 4) is 0 Å². The molecule has 0 saturated carbocycles. The van der Waals surface area contributed by atoms with E-state index in [0.29, 0.717) is 0 Å². The van der Waals surface area contributed by atoms with Gasteiger partial charge < -0.3 is 11.3 Å². The van der Waals surface area contributed by atoms with Gasteiger partial charge in [0.1, 0.15) is 17.7 Å². The van der Waals surface area contributed by atoms with E-state index in [4.69, 9.17) is 5.11 Å². The van der Waals surface area contributed by atoms with Gasteiger partial charge >= 0.3 is 35.5 Å². The Morgan fingerprint density at radius 2 is 1.93 bits per heavy atom. The molecule has 15 heavy (non-hydrogen) atoms. The van der Waals surface area contributed by atoms with Gasteiger partial charge in [0.05, 0.1) is 5.56 Å². The molecule has 2 rings (SSSR count). The molecular formula is C9H7F2NaO3. The first kappa shape index (κ1) is 12.6. The van der Waals surface area contributed by atoms with Crippen LogP contribution in [0.15, 0.2) is 18.2 Å². The molecule has 76 valence electrons. The summed E-state index contributed by atoms with van der Waals surface area (Å²) in [5.74, 6) is -2.77. The summed E-state index contributed by atoms with van der Waals surface area (Å²) in [6, 6.07) is 3.35. The van der Waals surface area contributed by atoms with Crippen LogP contribution in [0.5, 0.6) is 0 Å². The number of rotatable bonds is 2. The fraction of sp³-hybridized carbons (Fsp3) is 0.222. The van der Waals surface area contributed by atoms with Gasteiger partial charge in [-0.15, -0.1) is 0 Å². The van der Waals surface area contributed by atoms with E-state index in [-0.39, 0.29) is 36.5 Å². The summed E-state index contributed by atoms with van der Waals surface area (Å²) in [6.45, 7) is 0. The second-order valence-corrected chi connectivity index (χ2v) is 2.95. The first-order chi connectivity index (χ1) is 6.61. The van der Waals surface area contributed by atoms with Gasteiger partial charge in [-0.1, -0.05) is 6.07 Å². The normalized spacial score (nSPS) is 23.1. The van der Waals surface area contributed by atoms with Crippen molar-refractivity contribution in [1.29, 1.82) is 0 Å². The number of carboxylic acids is 1. The molecule has 1 heterocycles. The number of ether oxygens (including phenoxy) is 1. The van der Waals surface area contributed by atoms with Crippen molar-refractivity contribution in [3.63, 3.8) is 0 Å². The zero-order valence-electron chi connectivity index (χ0n) is 8.91. The van der Waals surface area contributed by atoms with Gasteiger partial charge in [-0.25, -0.2) is 13.6 Å². The second-order valence-electron chi connectivity index (χ2n) is 2.95. The van der Waals surface area contributed by atoms with Gasteiger partial charge in [0.25, 0.3) is 0 Å². The topological polar surface area (TPSA) is 49.8 Å². The monoisotopic (exact) mass is 224 g/mol. The SMILES string of the molecule is O=C(O)C1OC1c1c(F)cccc1F.[H-].[Na+]. The minimum absolute atomic E-state index is 0. The van der Waals surface area contributed by atoms with Crippen LogP contribution >= 0.6 is 0 Å². The molecule has 0 spiro atoms. The van der Waals surface area contributed by atoms with E-state index in [1.165, 1.54) is 6.07 Å². The standard InChI is InChI=1S/C9H6F2O3.Na.H/c10-4-2-1-3-5(11)6(4)7-8(14-7)9(12)13;;/h1-3,7-8H,(H,12,13);;/q;+1;-1. The van der Waals surface area contributed by atoms with Crippen LogP contribution in [0.1, 0.15) is 13.1 Å². The smallest absolute Gasteiger partial charge is 1.00 e. The van der Waals surface area contributed by atoms with Crippen LogP contribution < -0.4 is 29.6 Å². The first-order valence-electron chi connectivity index (χ1n) is 3.93. The molecule has 1 N–H and O–H groups in total. The van der Waals surface area contributed by atoms with Crippen LogP contribution in [0.25, 0.3) is 0 Å². The molecule has 1 aromatic carbocycles. The fourth-order valence-corrected chi connectivity index (χ4v) is 1.30. The Morgan fingerprint density at radius 3 is 2.33 bits per heavy atom. The van der Waals surface area contributed by atoms with Crippen LogP contribution in [-0.2, 0) is 9.53 Å². The first-order valence-corrected chi connectivity index (χ1v) is 3.93. The second kappa shape index (κ2) is 4.57. The Kier molecular flexibility index (Phi) is 3.83. The third kappa shape index (κ3) is 2.36. The van der Waals surface area contributed by atoms with E-state index in [2.05, 4.69) is 4.74 Å². The molecule has 0 aromatic heterocycles. The Morgan fingerprint density at radius 1 is 1.40 bits per heavy atom. The van der Waals surface area contributed by atoms with Gasteiger partial charge in [-0.3, -0.25) is 0 Å². The van der Waals surface area contributed by atoms with Crippen LogP contribution in [0, 0.1) is 11.6 Å². The summed E-state index contributed by atoms with van der Waals surface area (Å²) in [6.07, 6.45) is -2.12. The number of halogens is 2. The molecule has 0 bridgehead atoms. The molecule has 1 saturated heterocycles. The van der Waals surface area contributed by atoms with Crippen LogP contribution in [0.3, 0.4) is 0 Å². The quantitative estimate of drug-likeness (QED) is 0.497. The molecule has 0 radical (unpaired) electrons. The molecular weight excluding hydrogens is 217 g/mol. The van der Waals surface area contributed by atoms with E-state index in [1.807, 2.05) is 0 Å². The molecule has 1 aliphatic rings. The van der Waals surface area contributed by atoms with Gasteiger partial charge in [0.2, 0.25) is 0 Å². The summed E-state index contributed by atoms with van der Waals surface area (Å²) >= 11 is 0.